The van der Waals surface area contributed by atoms with Crippen LogP contribution in [0.1, 0.15) is 25.7 Å². The van der Waals surface area contributed by atoms with E-state index in [1.807, 2.05) is 24.9 Å². The summed E-state index contributed by atoms with van der Waals surface area (Å²) in [7, 11) is 5.42. The number of aromatic nitrogens is 2. The number of rotatable bonds is 6. The lowest BCUT2D eigenvalue weighted by Crippen LogP contribution is -2.49. The van der Waals surface area contributed by atoms with Gasteiger partial charge in [-0.05, 0) is 12.8 Å². The van der Waals surface area contributed by atoms with Crippen molar-refractivity contribution >= 4 is 11.9 Å². The first-order valence-electron chi connectivity index (χ1n) is 8.19. The second-order valence-corrected chi connectivity index (χ2v) is 6.34. The van der Waals surface area contributed by atoms with E-state index in [0.717, 1.165) is 44.7 Å². The number of imidazole rings is 1. The third-order valence-electron chi connectivity index (χ3n) is 4.46. The van der Waals surface area contributed by atoms with Gasteiger partial charge in [-0.2, -0.15) is 0 Å². The van der Waals surface area contributed by atoms with E-state index in [1.165, 1.54) is 0 Å². The molecule has 0 atom stereocenters. The molecule has 0 unspecified atom stereocenters. The Labute approximate surface area is 138 Å². The number of guanidine groups is 1. The molecule has 0 bridgehead atoms. The van der Waals surface area contributed by atoms with E-state index >= 15 is 0 Å². The van der Waals surface area contributed by atoms with Gasteiger partial charge in [-0.25, -0.2) is 4.98 Å². The van der Waals surface area contributed by atoms with E-state index in [0.29, 0.717) is 6.54 Å². The van der Waals surface area contributed by atoms with Gasteiger partial charge in [0.15, 0.2) is 5.96 Å². The van der Waals surface area contributed by atoms with Gasteiger partial charge in [0.1, 0.15) is 0 Å². The highest BCUT2D eigenvalue weighted by Gasteiger charge is 2.42. The SMILES string of the molecule is CN=C(NCCn1ccnc1)NCC1(C(=O)N(C)C)CCCC1. The fourth-order valence-corrected chi connectivity index (χ4v) is 3.19. The molecule has 7 heteroatoms. The average Bonchev–Trinajstić information content (AvgIpc) is 3.22. The molecule has 1 aromatic rings. The zero-order valence-corrected chi connectivity index (χ0v) is 14.4. The van der Waals surface area contributed by atoms with Crippen LogP contribution in [-0.4, -0.2) is 60.6 Å². The average molecular weight is 320 g/mol. The normalized spacial score (nSPS) is 17.1. The minimum absolute atomic E-state index is 0.219. The second-order valence-electron chi connectivity index (χ2n) is 6.34. The lowest BCUT2D eigenvalue weighted by molar-refractivity contribution is -0.138. The van der Waals surface area contributed by atoms with Crippen LogP contribution in [0, 0.1) is 5.41 Å². The van der Waals surface area contributed by atoms with Gasteiger partial charge < -0.3 is 20.1 Å². The number of aliphatic imine (C=N–C) groups is 1. The second kappa shape index (κ2) is 7.99. The predicted octanol–water partition coefficient (Wildman–Crippen LogP) is 0.697. The molecule has 0 spiro atoms. The Morgan fingerprint density at radius 2 is 2.09 bits per heavy atom. The number of hydrogen-bond donors (Lipinski definition) is 2. The van der Waals surface area contributed by atoms with Gasteiger partial charge in [-0.1, -0.05) is 12.8 Å². The van der Waals surface area contributed by atoms with Crippen LogP contribution in [0.15, 0.2) is 23.7 Å². The Bertz CT molecular complexity index is 517. The maximum Gasteiger partial charge on any atom is 0.230 e. The highest BCUT2D eigenvalue weighted by Crippen LogP contribution is 2.38. The van der Waals surface area contributed by atoms with Gasteiger partial charge in [0.25, 0.3) is 0 Å². The summed E-state index contributed by atoms with van der Waals surface area (Å²) in [6.07, 6.45) is 9.62. The Balaban J connectivity index is 1.84. The molecule has 1 saturated carbocycles. The quantitative estimate of drug-likeness (QED) is 0.598. The van der Waals surface area contributed by atoms with Gasteiger partial charge >= 0.3 is 0 Å². The van der Waals surface area contributed by atoms with Crippen molar-refractivity contribution in [3.05, 3.63) is 18.7 Å². The molecule has 2 N–H and O–H groups in total. The highest BCUT2D eigenvalue weighted by molar-refractivity contribution is 5.85. The topological polar surface area (TPSA) is 74.5 Å². The number of amides is 1. The van der Waals surface area contributed by atoms with E-state index in [-0.39, 0.29) is 11.3 Å². The minimum Gasteiger partial charge on any atom is -0.355 e. The third-order valence-corrected chi connectivity index (χ3v) is 4.46. The van der Waals surface area contributed by atoms with Crippen LogP contribution >= 0.6 is 0 Å². The molecule has 0 aromatic carbocycles. The lowest BCUT2D eigenvalue weighted by Gasteiger charge is -2.31. The fraction of sp³-hybridized carbons (Fsp3) is 0.688. The van der Waals surface area contributed by atoms with Crippen molar-refractivity contribution in [2.45, 2.75) is 32.2 Å². The molecule has 2 rings (SSSR count). The summed E-state index contributed by atoms with van der Waals surface area (Å²) in [6, 6.07) is 0. The Morgan fingerprint density at radius 3 is 2.65 bits per heavy atom. The van der Waals surface area contributed by atoms with Gasteiger partial charge in [0.2, 0.25) is 5.91 Å². The van der Waals surface area contributed by atoms with Crippen molar-refractivity contribution in [3.8, 4) is 0 Å². The molecule has 0 aliphatic heterocycles. The predicted molar refractivity (Wildman–Crippen MR) is 91.2 cm³/mol. The van der Waals surface area contributed by atoms with Crippen LogP contribution < -0.4 is 10.6 Å². The maximum absolute atomic E-state index is 12.6. The number of hydrogen-bond acceptors (Lipinski definition) is 3. The van der Waals surface area contributed by atoms with Crippen molar-refractivity contribution < 1.29 is 4.79 Å². The standard InChI is InChI=1S/C16H28N6O/c1-17-15(19-9-11-22-10-8-18-13-22)20-12-16(6-4-5-7-16)14(23)21(2)3/h8,10,13H,4-7,9,11-12H2,1-3H3,(H2,17,19,20). The molecule has 1 amide bonds. The fourth-order valence-electron chi connectivity index (χ4n) is 3.19. The first-order chi connectivity index (χ1) is 11.1. The Kier molecular flexibility index (Phi) is 6.01. The van der Waals surface area contributed by atoms with Gasteiger partial charge in [-0.3, -0.25) is 9.79 Å². The van der Waals surface area contributed by atoms with E-state index in [2.05, 4.69) is 20.6 Å². The van der Waals surface area contributed by atoms with Crippen LogP contribution in [-0.2, 0) is 11.3 Å². The first-order valence-corrected chi connectivity index (χ1v) is 8.19. The molecule has 0 radical (unpaired) electrons. The zero-order valence-electron chi connectivity index (χ0n) is 14.4. The number of carbonyl (C=O) groups is 1. The molecule has 1 heterocycles. The summed E-state index contributed by atoms with van der Waals surface area (Å²) < 4.78 is 2.01. The molecule has 1 aromatic heterocycles. The smallest absolute Gasteiger partial charge is 0.230 e. The van der Waals surface area contributed by atoms with Crippen molar-refractivity contribution in [2.75, 3.05) is 34.2 Å². The van der Waals surface area contributed by atoms with Crippen LogP contribution in [0.3, 0.4) is 0 Å². The monoisotopic (exact) mass is 320 g/mol. The molecule has 0 saturated heterocycles. The van der Waals surface area contributed by atoms with Gasteiger partial charge in [0.05, 0.1) is 11.7 Å². The number of nitrogens with zero attached hydrogens (tertiary/aromatic N) is 4. The van der Waals surface area contributed by atoms with Gasteiger partial charge in [0, 0.05) is 53.2 Å². The van der Waals surface area contributed by atoms with E-state index in [9.17, 15) is 4.79 Å². The molecule has 1 aliphatic carbocycles. The summed E-state index contributed by atoms with van der Waals surface area (Å²) in [5.41, 5.74) is -0.286. The van der Waals surface area contributed by atoms with Crippen LogP contribution in [0.25, 0.3) is 0 Å². The number of carbonyl (C=O) groups excluding carboxylic acids is 1. The van der Waals surface area contributed by atoms with Crippen molar-refractivity contribution in [3.63, 3.8) is 0 Å². The molecular weight excluding hydrogens is 292 g/mol. The zero-order chi connectivity index (χ0) is 16.7. The molecule has 7 nitrogen and oxygen atoms in total. The third kappa shape index (κ3) is 4.46. The summed E-state index contributed by atoms with van der Waals surface area (Å²) in [6.45, 7) is 2.21. The van der Waals surface area contributed by atoms with E-state index in [1.54, 1.807) is 24.5 Å². The van der Waals surface area contributed by atoms with Crippen molar-refractivity contribution in [2.24, 2.45) is 10.4 Å². The Hall–Kier alpha value is -2.05. The van der Waals surface area contributed by atoms with Crippen LogP contribution in [0.4, 0.5) is 0 Å². The van der Waals surface area contributed by atoms with E-state index in [4.69, 9.17) is 0 Å². The first kappa shape index (κ1) is 17.3. The van der Waals surface area contributed by atoms with Crippen LogP contribution in [0.5, 0.6) is 0 Å². The molecule has 128 valence electrons. The largest absolute Gasteiger partial charge is 0.355 e. The summed E-state index contributed by atoms with van der Waals surface area (Å²) in [5.74, 6) is 0.958. The van der Waals surface area contributed by atoms with E-state index < -0.39 is 0 Å². The lowest BCUT2D eigenvalue weighted by atomic mass is 9.84. The van der Waals surface area contributed by atoms with Crippen LogP contribution in [0.2, 0.25) is 0 Å². The summed E-state index contributed by atoms with van der Waals surface area (Å²) in [4.78, 5) is 22.5. The highest BCUT2D eigenvalue weighted by atomic mass is 16.2. The molecular formula is C16H28N6O. The minimum atomic E-state index is -0.286. The number of nitrogens with one attached hydrogen (secondary N) is 2. The Morgan fingerprint density at radius 1 is 1.35 bits per heavy atom. The van der Waals surface area contributed by atoms with Gasteiger partial charge in [-0.15, -0.1) is 0 Å². The summed E-state index contributed by atoms with van der Waals surface area (Å²) in [5, 5.41) is 6.62. The van der Waals surface area contributed by atoms with Crippen molar-refractivity contribution in [1.82, 2.24) is 25.1 Å². The molecule has 1 fully saturated rings. The molecule has 1 aliphatic rings. The maximum atomic E-state index is 12.6. The molecule has 23 heavy (non-hydrogen) atoms. The van der Waals surface area contributed by atoms with Crippen molar-refractivity contribution in [1.29, 1.82) is 0 Å². The summed E-state index contributed by atoms with van der Waals surface area (Å²) >= 11 is 0.